The van der Waals surface area contributed by atoms with Crippen molar-refractivity contribution in [3.63, 3.8) is 0 Å². The molecule has 0 spiro atoms. The molecule has 7 heavy (non-hydrogen) atoms. The molecule has 0 saturated carbocycles. The van der Waals surface area contributed by atoms with Crippen molar-refractivity contribution in [1.29, 1.82) is 0 Å². The SMILES string of the molecule is O=C1CC=CN1O. The van der Waals surface area contributed by atoms with E-state index >= 15 is 0 Å². The lowest BCUT2D eigenvalue weighted by atomic mass is 10.5. The number of hydrogen-bond acceptors (Lipinski definition) is 2. The predicted molar refractivity (Wildman–Crippen MR) is 22.4 cm³/mol. The molecule has 0 bridgehead atoms. The minimum atomic E-state index is -0.264. The van der Waals surface area contributed by atoms with Crippen molar-refractivity contribution in [2.24, 2.45) is 0 Å². The zero-order valence-corrected chi connectivity index (χ0v) is 3.66. The van der Waals surface area contributed by atoms with Crippen molar-refractivity contribution < 1.29 is 10.0 Å². The van der Waals surface area contributed by atoms with Crippen LogP contribution in [0, 0.1) is 0 Å². The highest BCUT2D eigenvalue weighted by atomic mass is 16.5. The van der Waals surface area contributed by atoms with Crippen LogP contribution < -0.4 is 0 Å². The van der Waals surface area contributed by atoms with Gasteiger partial charge in [0, 0.05) is 12.6 Å². The Morgan fingerprint density at radius 1 is 1.86 bits per heavy atom. The second kappa shape index (κ2) is 1.35. The largest absolute Gasteiger partial charge is 0.281 e. The zero-order chi connectivity index (χ0) is 5.28. The van der Waals surface area contributed by atoms with Gasteiger partial charge in [0.15, 0.2) is 0 Å². The molecule has 1 N–H and O–H groups in total. The Morgan fingerprint density at radius 3 is 2.71 bits per heavy atom. The molecule has 0 atom stereocenters. The fourth-order valence-electron chi connectivity index (χ4n) is 0.430. The van der Waals surface area contributed by atoms with E-state index < -0.39 is 0 Å². The van der Waals surface area contributed by atoms with Gasteiger partial charge in [-0.1, -0.05) is 6.08 Å². The topological polar surface area (TPSA) is 40.5 Å². The highest BCUT2D eigenvalue weighted by Crippen LogP contribution is 2.00. The second-order valence-electron chi connectivity index (χ2n) is 1.33. The van der Waals surface area contributed by atoms with Gasteiger partial charge in [-0.2, -0.15) is 5.06 Å². The van der Waals surface area contributed by atoms with E-state index in [9.17, 15) is 4.79 Å². The van der Waals surface area contributed by atoms with Crippen molar-refractivity contribution in [3.8, 4) is 0 Å². The number of amides is 1. The first-order chi connectivity index (χ1) is 3.30. The number of rotatable bonds is 0. The van der Waals surface area contributed by atoms with E-state index in [2.05, 4.69) is 0 Å². The minimum Gasteiger partial charge on any atom is -0.281 e. The van der Waals surface area contributed by atoms with Gasteiger partial charge in [-0.15, -0.1) is 0 Å². The highest BCUT2D eigenvalue weighted by Gasteiger charge is 2.09. The smallest absolute Gasteiger partial charge is 0.253 e. The average molecular weight is 99.1 g/mol. The maximum Gasteiger partial charge on any atom is 0.253 e. The van der Waals surface area contributed by atoms with Gasteiger partial charge in [0.1, 0.15) is 0 Å². The highest BCUT2D eigenvalue weighted by molar-refractivity contribution is 5.79. The number of hydrogen-bond donors (Lipinski definition) is 1. The van der Waals surface area contributed by atoms with Gasteiger partial charge in [0.05, 0.1) is 0 Å². The van der Waals surface area contributed by atoms with Crippen molar-refractivity contribution in [1.82, 2.24) is 5.06 Å². The van der Waals surface area contributed by atoms with Gasteiger partial charge in [0.25, 0.3) is 5.91 Å². The molecular formula is C4H5NO2. The van der Waals surface area contributed by atoms with Crippen molar-refractivity contribution in [2.75, 3.05) is 0 Å². The molecule has 3 nitrogen and oxygen atoms in total. The van der Waals surface area contributed by atoms with Gasteiger partial charge in [-0.3, -0.25) is 10.0 Å². The fraction of sp³-hybridized carbons (Fsp3) is 0.250. The first kappa shape index (κ1) is 4.33. The van der Waals surface area contributed by atoms with Crippen molar-refractivity contribution in [3.05, 3.63) is 12.3 Å². The minimum absolute atomic E-state index is 0.264. The lowest BCUT2D eigenvalue weighted by Crippen LogP contribution is -2.14. The Bertz CT molecular complexity index is 119. The molecule has 3 heteroatoms. The van der Waals surface area contributed by atoms with E-state index in [4.69, 9.17) is 5.21 Å². The van der Waals surface area contributed by atoms with E-state index in [1.807, 2.05) is 0 Å². The van der Waals surface area contributed by atoms with Gasteiger partial charge in [-0.05, 0) is 0 Å². The van der Waals surface area contributed by atoms with Crippen LogP contribution in [0.4, 0.5) is 0 Å². The summed E-state index contributed by atoms with van der Waals surface area (Å²) < 4.78 is 0. The van der Waals surface area contributed by atoms with Gasteiger partial charge in [-0.25, -0.2) is 0 Å². The quantitative estimate of drug-likeness (QED) is 0.438. The summed E-state index contributed by atoms with van der Waals surface area (Å²) in [6.45, 7) is 0. The van der Waals surface area contributed by atoms with Crippen LogP contribution >= 0.6 is 0 Å². The maximum atomic E-state index is 10.2. The van der Waals surface area contributed by atoms with E-state index in [1.54, 1.807) is 6.08 Å². The molecule has 1 aliphatic rings. The fourth-order valence-corrected chi connectivity index (χ4v) is 0.430. The Morgan fingerprint density at radius 2 is 2.57 bits per heavy atom. The first-order valence-corrected chi connectivity index (χ1v) is 1.98. The zero-order valence-electron chi connectivity index (χ0n) is 3.66. The number of hydroxylamine groups is 2. The van der Waals surface area contributed by atoms with Gasteiger partial charge >= 0.3 is 0 Å². The van der Waals surface area contributed by atoms with E-state index in [-0.39, 0.29) is 5.91 Å². The van der Waals surface area contributed by atoms with Crippen LogP contribution in [-0.2, 0) is 4.79 Å². The molecule has 0 saturated heterocycles. The number of nitrogens with zero attached hydrogens (tertiary/aromatic N) is 1. The third-order valence-electron chi connectivity index (χ3n) is 0.795. The molecule has 1 rings (SSSR count). The van der Waals surface area contributed by atoms with E-state index in [0.717, 1.165) is 0 Å². The predicted octanol–water partition coefficient (Wildman–Crippen LogP) is 0.122. The summed E-state index contributed by atoms with van der Waals surface area (Å²) in [5, 5.41) is 8.98. The van der Waals surface area contributed by atoms with Crippen molar-refractivity contribution in [2.45, 2.75) is 6.42 Å². The summed E-state index contributed by atoms with van der Waals surface area (Å²) in [4.78, 5) is 10.2. The molecule has 0 aliphatic carbocycles. The summed E-state index contributed by atoms with van der Waals surface area (Å²) in [7, 11) is 0. The molecule has 38 valence electrons. The standard InChI is InChI=1S/C4H5NO2/c6-4-2-1-3-5(4)7/h1,3,7H,2H2. The molecule has 0 aromatic carbocycles. The van der Waals surface area contributed by atoms with E-state index in [1.165, 1.54) is 6.20 Å². The Balaban J connectivity index is 2.62. The lowest BCUT2D eigenvalue weighted by Gasteiger charge is -1.98. The van der Waals surface area contributed by atoms with Crippen LogP contribution in [0.25, 0.3) is 0 Å². The molecule has 1 amide bonds. The van der Waals surface area contributed by atoms with Crippen LogP contribution in [0.5, 0.6) is 0 Å². The average Bonchev–Trinajstić information content (AvgIpc) is 1.91. The molecule has 0 unspecified atom stereocenters. The van der Waals surface area contributed by atoms with Gasteiger partial charge < -0.3 is 0 Å². The van der Waals surface area contributed by atoms with Crippen molar-refractivity contribution >= 4 is 5.91 Å². The molecule has 0 radical (unpaired) electrons. The van der Waals surface area contributed by atoms with Crippen LogP contribution in [0.3, 0.4) is 0 Å². The third kappa shape index (κ3) is 0.618. The molecule has 1 heterocycles. The Labute approximate surface area is 40.8 Å². The van der Waals surface area contributed by atoms with Crippen LogP contribution in [0.2, 0.25) is 0 Å². The number of carbonyl (C=O) groups excluding carboxylic acids is 1. The summed E-state index contributed by atoms with van der Waals surface area (Å²) in [5.74, 6) is -0.264. The van der Waals surface area contributed by atoms with Crippen LogP contribution in [-0.4, -0.2) is 16.2 Å². The first-order valence-electron chi connectivity index (χ1n) is 1.98. The second-order valence-corrected chi connectivity index (χ2v) is 1.33. The third-order valence-corrected chi connectivity index (χ3v) is 0.795. The molecule has 1 aliphatic heterocycles. The lowest BCUT2D eigenvalue weighted by molar-refractivity contribution is -0.150. The maximum absolute atomic E-state index is 10.2. The molecule has 0 aromatic heterocycles. The van der Waals surface area contributed by atoms with Crippen LogP contribution in [0.1, 0.15) is 6.42 Å². The van der Waals surface area contributed by atoms with Gasteiger partial charge in [0.2, 0.25) is 0 Å². The molecule has 0 aromatic rings. The molecule has 0 fully saturated rings. The summed E-state index contributed by atoms with van der Waals surface area (Å²) >= 11 is 0. The molecular weight excluding hydrogens is 94.0 g/mol. The normalized spacial score (nSPS) is 19.0. The number of carbonyl (C=O) groups is 1. The summed E-state index contributed by atoms with van der Waals surface area (Å²) in [6, 6.07) is 0. The Kier molecular flexibility index (Phi) is 0.834. The summed E-state index contributed by atoms with van der Waals surface area (Å²) in [6.07, 6.45) is 3.27. The monoisotopic (exact) mass is 99.0 g/mol. The summed E-state index contributed by atoms with van der Waals surface area (Å²) in [5.41, 5.74) is 0. The Hall–Kier alpha value is -0.830. The van der Waals surface area contributed by atoms with Crippen LogP contribution in [0.15, 0.2) is 12.3 Å². The van der Waals surface area contributed by atoms with E-state index in [0.29, 0.717) is 11.5 Å².